The van der Waals surface area contributed by atoms with Crippen molar-refractivity contribution in [2.45, 2.75) is 20.4 Å². The lowest BCUT2D eigenvalue weighted by atomic mass is 10.4. The van der Waals surface area contributed by atoms with Gasteiger partial charge in [0, 0.05) is 25.0 Å². The van der Waals surface area contributed by atoms with Crippen LogP contribution < -0.4 is 10.2 Å². The number of carbonyl (C=O) groups is 1. The number of thiazole rings is 1. The normalized spacial score (nSPS) is 10.3. The average molecular weight is 311 g/mol. The van der Waals surface area contributed by atoms with Gasteiger partial charge in [-0.15, -0.1) is 11.3 Å². The Morgan fingerprint density at radius 2 is 2.35 bits per heavy atom. The number of pyridine rings is 1. The minimum Gasteiger partial charge on any atom is -0.377 e. The summed E-state index contributed by atoms with van der Waals surface area (Å²) in [6, 6.07) is 3.67. The molecule has 0 saturated carbocycles. The molecule has 20 heavy (non-hydrogen) atoms. The number of aromatic nitrogens is 2. The highest BCUT2D eigenvalue weighted by Gasteiger charge is 2.13. The van der Waals surface area contributed by atoms with Crippen LogP contribution in [0.3, 0.4) is 0 Å². The van der Waals surface area contributed by atoms with Crippen LogP contribution in [0.15, 0.2) is 23.7 Å². The maximum absolute atomic E-state index is 11.5. The van der Waals surface area contributed by atoms with Crippen LogP contribution >= 0.6 is 22.9 Å². The molecule has 7 heteroatoms. The van der Waals surface area contributed by atoms with Crippen molar-refractivity contribution in [3.05, 3.63) is 34.6 Å². The first-order valence-corrected chi connectivity index (χ1v) is 7.44. The largest absolute Gasteiger partial charge is 0.377 e. The fourth-order valence-electron chi connectivity index (χ4n) is 1.70. The van der Waals surface area contributed by atoms with E-state index in [0.717, 1.165) is 11.4 Å². The van der Waals surface area contributed by atoms with E-state index in [2.05, 4.69) is 15.3 Å². The van der Waals surface area contributed by atoms with E-state index in [4.69, 9.17) is 11.6 Å². The van der Waals surface area contributed by atoms with Gasteiger partial charge in [-0.2, -0.15) is 0 Å². The van der Waals surface area contributed by atoms with Gasteiger partial charge in [0.2, 0.25) is 5.91 Å². The third-order valence-corrected chi connectivity index (χ3v) is 3.90. The van der Waals surface area contributed by atoms with Gasteiger partial charge in [0.1, 0.15) is 0 Å². The molecule has 0 aliphatic carbocycles. The Kier molecular flexibility index (Phi) is 4.92. The van der Waals surface area contributed by atoms with Crippen LogP contribution in [-0.4, -0.2) is 22.4 Å². The smallest absolute Gasteiger partial charge is 0.225 e. The van der Waals surface area contributed by atoms with E-state index in [1.54, 1.807) is 11.1 Å². The predicted octanol–water partition coefficient (Wildman–Crippen LogP) is 3.18. The summed E-state index contributed by atoms with van der Waals surface area (Å²) < 4.78 is 0. The molecule has 0 radical (unpaired) electrons. The molecule has 0 atom stereocenters. The number of rotatable bonds is 5. The zero-order chi connectivity index (χ0) is 14.5. The topological polar surface area (TPSA) is 58.1 Å². The highest BCUT2D eigenvalue weighted by atomic mass is 35.5. The number of carbonyl (C=O) groups excluding carboxylic acids is 1. The molecule has 2 heterocycles. The number of amides is 1. The summed E-state index contributed by atoms with van der Waals surface area (Å²) in [5, 5.41) is 6.25. The fourth-order valence-corrected chi connectivity index (χ4v) is 2.82. The molecule has 1 amide bonds. The Balaban J connectivity index is 2.03. The molecule has 0 aliphatic heterocycles. The van der Waals surface area contributed by atoms with Crippen molar-refractivity contribution in [3.63, 3.8) is 0 Å². The number of hydrogen-bond acceptors (Lipinski definition) is 5. The van der Waals surface area contributed by atoms with E-state index >= 15 is 0 Å². The summed E-state index contributed by atoms with van der Waals surface area (Å²) in [6.07, 6.45) is 1.64. The lowest BCUT2D eigenvalue weighted by Crippen LogP contribution is -2.27. The van der Waals surface area contributed by atoms with Gasteiger partial charge < -0.3 is 5.32 Å². The molecular weight excluding hydrogens is 296 g/mol. The molecule has 106 valence electrons. The molecule has 5 nitrogen and oxygen atoms in total. The summed E-state index contributed by atoms with van der Waals surface area (Å²) >= 11 is 7.42. The van der Waals surface area contributed by atoms with Gasteiger partial charge in [-0.25, -0.2) is 9.97 Å². The number of nitrogens with zero attached hydrogens (tertiary/aromatic N) is 3. The van der Waals surface area contributed by atoms with Crippen LogP contribution in [-0.2, 0) is 11.3 Å². The Morgan fingerprint density at radius 3 is 3.00 bits per heavy atom. The van der Waals surface area contributed by atoms with Crippen LogP contribution in [0, 0.1) is 0 Å². The minimum absolute atomic E-state index is 0.00309. The highest BCUT2D eigenvalue weighted by molar-refractivity contribution is 7.14. The van der Waals surface area contributed by atoms with Crippen molar-refractivity contribution in [2.24, 2.45) is 0 Å². The average Bonchev–Trinajstić information content (AvgIpc) is 2.87. The Bertz CT molecular complexity index is 602. The standard InChI is InChI=1S/C13H15ClN4OS/c1-3-18(9(2)19)13-17-10(8-20-13)7-16-11-5-4-6-15-12(11)14/h4-6,8,16H,3,7H2,1-2H3. The quantitative estimate of drug-likeness (QED) is 0.862. The summed E-state index contributed by atoms with van der Waals surface area (Å²) in [4.78, 5) is 21.5. The van der Waals surface area contributed by atoms with Gasteiger partial charge in [-0.05, 0) is 19.1 Å². The molecule has 2 rings (SSSR count). The van der Waals surface area contributed by atoms with Gasteiger partial charge in [0.05, 0.1) is 17.9 Å². The molecule has 0 bridgehead atoms. The lowest BCUT2D eigenvalue weighted by Gasteiger charge is -2.14. The molecule has 0 saturated heterocycles. The van der Waals surface area contributed by atoms with Gasteiger partial charge >= 0.3 is 0 Å². The highest BCUT2D eigenvalue weighted by Crippen LogP contribution is 2.22. The summed E-state index contributed by atoms with van der Waals surface area (Å²) in [6.45, 7) is 4.62. The molecule has 2 aromatic heterocycles. The van der Waals surface area contributed by atoms with Gasteiger partial charge in [0.25, 0.3) is 0 Å². The van der Waals surface area contributed by atoms with Gasteiger partial charge in [-0.3, -0.25) is 9.69 Å². The number of nitrogens with one attached hydrogen (secondary N) is 1. The zero-order valence-corrected chi connectivity index (χ0v) is 12.8. The second-order valence-electron chi connectivity index (χ2n) is 4.08. The van der Waals surface area contributed by atoms with Crippen molar-refractivity contribution in [1.82, 2.24) is 9.97 Å². The molecule has 2 aromatic rings. The van der Waals surface area contributed by atoms with Crippen molar-refractivity contribution < 1.29 is 4.79 Å². The van der Waals surface area contributed by atoms with Crippen molar-refractivity contribution in [3.8, 4) is 0 Å². The molecule has 1 N–H and O–H groups in total. The fraction of sp³-hybridized carbons (Fsp3) is 0.308. The maximum atomic E-state index is 11.5. The first kappa shape index (κ1) is 14.7. The third-order valence-electron chi connectivity index (χ3n) is 2.69. The Labute approximate surface area is 126 Å². The Morgan fingerprint density at radius 1 is 1.55 bits per heavy atom. The molecule has 0 fully saturated rings. The number of anilines is 2. The number of halogens is 1. The summed E-state index contributed by atoms with van der Waals surface area (Å²) in [5.74, 6) is -0.00309. The van der Waals surface area contributed by atoms with Crippen LogP contribution in [0.2, 0.25) is 5.15 Å². The van der Waals surface area contributed by atoms with Crippen LogP contribution in [0.25, 0.3) is 0 Å². The zero-order valence-electron chi connectivity index (χ0n) is 11.3. The monoisotopic (exact) mass is 310 g/mol. The van der Waals surface area contributed by atoms with Crippen LogP contribution in [0.5, 0.6) is 0 Å². The SMILES string of the molecule is CCN(C(C)=O)c1nc(CNc2cccnc2Cl)cs1. The van der Waals surface area contributed by atoms with Crippen LogP contribution in [0.4, 0.5) is 10.8 Å². The molecular formula is C13H15ClN4OS. The molecule has 0 unspecified atom stereocenters. The van der Waals surface area contributed by atoms with Crippen molar-refractivity contribution in [2.75, 3.05) is 16.8 Å². The second kappa shape index (κ2) is 6.67. The first-order valence-electron chi connectivity index (χ1n) is 6.18. The second-order valence-corrected chi connectivity index (χ2v) is 5.27. The molecule has 0 spiro atoms. The van der Waals surface area contributed by atoms with Gasteiger partial charge in [0.15, 0.2) is 10.3 Å². The molecule has 0 aromatic carbocycles. The first-order chi connectivity index (χ1) is 9.61. The lowest BCUT2D eigenvalue weighted by molar-refractivity contribution is -0.116. The number of hydrogen-bond donors (Lipinski definition) is 1. The third kappa shape index (κ3) is 3.46. The summed E-state index contributed by atoms with van der Waals surface area (Å²) in [5.41, 5.74) is 1.63. The van der Waals surface area contributed by atoms with E-state index in [1.165, 1.54) is 18.3 Å². The van der Waals surface area contributed by atoms with E-state index in [0.29, 0.717) is 23.4 Å². The van der Waals surface area contributed by atoms with E-state index in [-0.39, 0.29) is 5.91 Å². The maximum Gasteiger partial charge on any atom is 0.225 e. The van der Waals surface area contributed by atoms with Crippen LogP contribution in [0.1, 0.15) is 19.5 Å². The van der Waals surface area contributed by atoms with Gasteiger partial charge in [-0.1, -0.05) is 11.6 Å². The van der Waals surface area contributed by atoms with E-state index in [9.17, 15) is 4.79 Å². The minimum atomic E-state index is -0.00309. The Hall–Kier alpha value is -1.66. The van der Waals surface area contributed by atoms with E-state index in [1.807, 2.05) is 24.4 Å². The van der Waals surface area contributed by atoms with E-state index < -0.39 is 0 Å². The van der Waals surface area contributed by atoms with Crippen molar-refractivity contribution in [1.29, 1.82) is 0 Å². The van der Waals surface area contributed by atoms with Crippen molar-refractivity contribution >= 4 is 39.7 Å². The summed E-state index contributed by atoms with van der Waals surface area (Å²) in [7, 11) is 0. The predicted molar refractivity (Wildman–Crippen MR) is 82.4 cm³/mol. The molecule has 0 aliphatic rings.